The minimum absolute atomic E-state index is 0.116. The number of thiocarbonyl (C=S) groups is 1. The summed E-state index contributed by atoms with van der Waals surface area (Å²) < 4.78 is 5.29. The topological polar surface area (TPSA) is 65.6 Å². The zero-order valence-electron chi connectivity index (χ0n) is 12.0. The highest BCUT2D eigenvalue weighted by Gasteiger charge is 2.03. The van der Waals surface area contributed by atoms with Crippen LogP contribution in [0, 0.1) is 0 Å². The Balaban J connectivity index is 2.16. The monoisotopic (exact) mass is 330 g/mol. The summed E-state index contributed by atoms with van der Waals surface area (Å²) in [5, 5.41) is 3.93. The molecule has 1 aromatic rings. The van der Waals surface area contributed by atoms with Crippen LogP contribution in [0.25, 0.3) is 0 Å². The van der Waals surface area contributed by atoms with Crippen molar-refractivity contribution in [2.75, 3.05) is 33.8 Å². The SMILES string of the molecule is CN(C)CCNC(=S)NNC(=O)COc1ccc(Cl)cc1. The molecule has 1 aromatic carbocycles. The summed E-state index contributed by atoms with van der Waals surface area (Å²) in [7, 11) is 3.93. The minimum atomic E-state index is -0.332. The molecule has 1 amide bonds. The molecule has 6 nitrogen and oxygen atoms in total. The second-order valence-corrected chi connectivity index (χ2v) is 5.32. The number of nitrogens with one attached hydrogen (secondary N) is 3. The maximum atomic E-state index is 11.5. The van der Waals surface area contributed by atoms with Crippen molar-refractivity contribution in [3.05, 3.63) is 29.3 Å². The third-order valence-electron chi connectivity index (χ3n) is 2.34. The Bertz CT molecular complexity index is 468. The molecule has 0 bridgehead atoms. The molecule has 0 spiro atoms. The molecule has 0 aliphatic heterocycles. The number of ether oxygens (including phenoxy) is 1. The van der Waals surface area contributed by atoms with Crippen LogP contribution < -0.4 is 20.9 Å². The van der Waals surface area contributed by atoms with E-state index >= 15 is 0 Å². The van der Waals surface area contributed by atoms with Gasteiger partial charge in [-0.3, -0.25) is 15.6 Å². The van der Waals surface area contributed by atoms with Gasteiger partial charge in [0.25, 0.3) is 5.91 Å². The van der Waals surface area contributed by atoms with Crippen molar-refractivity contribution in [3.8, 4) is 5.75 Å². The first-order valence-corrected chi connectivity index (χ1v) is 7.12. The van der Waals surface area contributed by atoms with E-state index in [1.165, 1.54) is 0 Å². The molecule has 21 heavy (non-hydrogen) atoms. The Hall–Kier alpha value is -1.57. The Labute approximate surface area is 134 Å². The van der Waals surface area contributed by atoms with Crippen LogP contribution in [0.15, 0.2) is 24.3 Å². The van der Waals surface area contributed by atoms with Crippen molar-refractivity contribution < 1.29 is 9.53 Å². The smallest absolute Gasteiger partial charge is 0.276 e. The molecular weight excluding hydrogens is 312 g/mol. The summed E-state index contributed by atoms with van der Waals surface area (Å²) in [6.07, 6.45) is 0. The van der Waals surface area contributed by atoms with Gasteiger partial charge in [-0.1, -0.05) is 11.6 Å². The second-order valence-electron chi connectivity index (χ2n) is 4.47. The van der Waals surface area contributed by atoms with Gasteiger partial charge in [0, 0.05) is 18.1 Å². The van der Waals surface area contributed by atoms with E-state index in [4.69, 9.17) is 28.6 Å². The molecular formula is C13H19ClN4O2S. The quantitative estimate of drug-likeness (QED) is 0.529. The molecule has 3 N–H and O–H groups in total. The second kappa shape index (κ2) is 9.38. The first kappa shape index (κ1) is 17.5. The van der Waals surface area contributed by atoms with E-state index in [9.17, 15) is 4.79 Å². The number of carbonyl (C=O) groups is 1. The van der Waals surface area contributed by atoms with E-state index < -0.39 is 0 Å². The summed E-state index contributed by atoms with van der Waals surface area (Å²) in [4.78, 5) is 13.6. The van der Waals surface area contributed by atoms with Crippen molar-refractivity contribution in [3.63, 3.8) is 0 Å². The summed E-state index contributed by atoms with van der Waals surface area (Å²) in [5.41, 5.74) is 5.05. The maximum absolute atomic E-state index is 11.5. The lowest BCUT2D eigenvalue weighted by Crippen LogP contribution is -2.49. The van der Waals surface area contributed by atoms with Gasteiger partial charge in [-0.05, 0) is 50.6 Å². The highest BCUT2D eigenvalue weighted by molar-refractivity contribution is 7.80. The number of likely N-dealkylation sites (N-methyl/N-ethyl adjacent to an activating group) is 1. The number of nitrogens with zero attached hydrogens (tertiary/aromatic N) is 1. The van der Waals surface area contributed by atoms with Gasteiger partial charge < -0.3 is 15.0 Å². The average molecular weight is 331 g/mol. The van der Waals surface area contributed by atoms with E-state index in [1.807, 2.05) is 19.0 Å². The van der Waals surface area contributed by atoms with Crippen LogP contribution in [0.3, 0.4) is 0 Å². The Kier molecular flexibility index (Phi) is 7.81. The van der Waals surface area contributed by atoms with Crippen LogP contribution in [-0.2, 0) is 4.79 Å². The van der Waals surface area contributed by atoms with Gasteiger partial charge in [-0.2, -0.15) is 0 Å². The lowest BCUT2D eigenvalue weighted by atomic mass is 10.3. The zero-order chi connectivity index (χ0) is 15.7. The third-order valence-corrected chi connectivity index (χ3v) is 2.84. The van der Waals surface area contributed by atoms with Crippen LogP contribution in [-0.4, -0.2) is 49.7 Å². The van der Waals surface area contributed by atoms with Crippen LogP contribution in [0.4, 0.5) is 0 Å². The molecule has 0 aliphatic carbocycles. The minimum Gasteiger partial charge on any atom is -0.484 e. The van der Waals surface area contributed by atoms with Crippen LogP contribution >= 0.6 is 23.8 Å². The van der Waals surface area contributed by atoms with Gasteiger partial charge in [-0.15, -0.1) is 0 Å². The molecule has 0 saturated carbocycles. The van der Waals surface area contributed by atoms with E-state index in [0.29, 0.717) is 22.4 Å². The molecule has 0 atom stereocenters. The van der Waals surface area contributed by atoms with Crippen LogP contribution in [0.2, 0.25) is 5.02 Å². The summed E-state index contributed by atoms with van der Waals surface area (Å²) in [6.45, 7) is 1.42. The predicted molar refractivity (Wildman–Crippen MR) is 87.4 cm³/mol. The Morgan fingerprint density at radius 2 is 1.95 bits per heavy atom. The normalized spacial score (nSPS) is 10.1. The van der Waals surface area contributed by atoms with Crippen molar-refractivity contribution in [2.24, 2.45) is 0 Å². The number of benzene rings is 1. The highest BCUT2D eigenvalue weighted by Crippen LogP contribution is 2.15. The van der Waals surface area contributed by atoms with Gasteiger partial charge in [0.2, 0.25) is 0 Å². The van der Waals surface area contributed by atoms with E-state index in [1.54, 1.807) is 24.3 Å². The number of hydrazine groups is 1. The van der Waals surface area contributed by atoms with E-state index in [-0.39, 0.29) is 12.5 Å². The Morgan fingerprint density at radius 3 is 2.57 bits per heavy atom. The Morgan fingerprint density at radius 1 is 1.29 bits per heavy atom. The lowest BCUT2D eigenvalue weighted by Gasteiger charge is -2.14. The van der Waals surface area contributed by atoms with Gasteiger partial charge >= 0.3 is 0 Å². The third kappa shape index (κ3) is 8.34. The fourth-order valence-corrected chi connectivity index (χ4v) is 1.56. The molecule has 0 radical (unpaired) electrons. The van der Waals surface area contributed by atoms with Crippen molar-refractivity contribution in [2.45, 2.75) is 0 Å². The first-order valence-electron chi connectivity index (χ1n) is 6.33. The van der Waals surface area contributed by atoms with Crippen LogP contribution in [0.1, 0.15) is 0 Å². The number of hydrogen-bond donors (Lipinski definition) is 3. The summed E-state index contributed by atoms with van der Waals surface area (Å²) >= 11 is 10.8. The van der Waals surface area contributed by atoms with E-state index in [2.05, 4.69) is 16.2 Å². The van der Waals surface area contributed by atoms with Gasteiger partial charge in [0.1, 0.15) is 5.75 Å². The first-order chi connectivity index (χ1) is 9.97. The fourth-order valence-electron chi connectivity index (χ4n) is 1.28. The van der Waals surface area contributed by atoms with Crippen molar-refractivity contribution >= 4 is 34.8 Å². The molecule has 0 fully saturated rings. The number of amides is 1. The lowest BCUT2D eigenvalue weighted by molar-refractivity contribution is -0.123. The zero-order valence-corrected chi connectivity index (χ0v) is 13.6. The maximum Gasteiger partial charge on any atom is 0.276 e. The molecule has 0 aliphatic rings. The summed E-state index contributed by atoms with van der Waals surface area (Å²) in [5.74, 6) is 0.239. The number of hydrogen-bond acceptors (Lipinski definition) is 4. The van der Waals surface area contributed by atoms with Crippen molar-refractivity contribution in [1.82, 2.24) is 21.1 Å². The summed E-state index contributed by atoms with van der Waals surface area (Å²) in [6, 6.07) is 6.76. The largest absolute Gasteiger partial charge is 0.484 e. The molecule has 8 heteroatoms. The van der Waals surface area contributed by atoms with Crippen LogP contribution in [0.5, 0.6) is 5.75 Å². The standard InChI is InChI=1S/C13H19ClN4O2S/c1-18(2)8-7-15-13(21)17-16-12(19)9-20-11-5-3-10(14)4-6-11/h3-6H,7-9H2,1-2H3,(H,16,19)(H2,15,17,21). The molecule has 0 heterocycles. The number of carbonyl (C=O) groups excluding carboxylic acids is 1. The van der Waals surface area contributed by atoms with Gasteiger partial charge in [0.15, 0.2) is 11.7 Å². The fraction of sp³-hybridized carbons (Fsp3) is 0.385. The van der Waals surface area contributed by atoms with Crippen molar-refractivity contribution in [1.29, 1.82) is 0 Å². The molecule has 0 aromatic heterocycles. The molecule has 0 saturated heterocycles. The average Bonchev–Trinajstić information content (AvgIpc) is 2.44. The molecule has 0 unspecified atom stereocenters. The predicted octanol–water partition coefficient (Wildman–Crippen LogP) is 0.776. The number of halogens is 1. The molecule has 1 rings (SSSR count). The van der Waals surface area contributed by atoms with Gasteiger partial charge in [0.05, 0.1) is 0 Å². The number of rotatable bonds is 6. The molecule has 116 valence electrons. The van der Waals surface area contributed by atoms with E-state index in [0.717, 1.165) is 6.54 Å². The van der Waals surface area contributed by atoms with Gasteiger partial charge in [-0.25, -0.2) is 0 Å². The highest BCUT2D eigenvalue weighted by atomic mass is 35.5.